The van der Waals surface area contributed by atoms with E-state index in [0.717, 1.165) is 39.4 Å². The van der Waals surface area contributed by atoms with Crippen molar-refractivity contribution in [2.45, 2.75) is 63.5 Å². The minimum absolute atomic E-state index is 0.0566. The number of rotatable bonds is 7. The minimum Gasteiger partial charge on any atom is -0.445 e. The third-order valence-corrected chi connectivity index (χ3v) is 9.46. The number of para-hydroxylation sites is 1. The molecule has 14 heteroatoms. The van der Waals surface area contributed by atoms with Gasteiger partial charge in [0, 0.05) is 35.7 Å². The van der Waals surface area contributed by atoms with Crippen molar-refractivity contribution in [3.05, 3.63) is 108 Å². The van der Waals surface area contributed by atoms with E-state index >= 15 is 0 Å². The molecule has 0 unspecified atom stereocenters. The van der Waals surface area contributed by atoms with E-state index in [1.54, 1.807) is 30.5 Å². The largest absolute Gasteiger partial charge is 0.445 e. The van der Waals surface area contributed by atoms with Gasteiger partial charge >= 0.3 is 6.09 Å². The average molecular weight is 713 g/mol. The zero-order valence-corrected chi connectivity index (χ0v) is 29.0. The maximum atomic E-state index is 14.0. The van der Waals surface area contributed by atoms with E-state index in [4.69, 9.17) is 4.74 Å². The van der Waals surface area contributed by atoms with Crippen molar-refractivity contribution in [2.24, 2.45) is 0 Å². The number of benzene rings is 3. The van der Waals surface area contributed by atoms with E-state index in [9.17, 15) is 28.8 Å². The van der Waals surface area contributed by atoms with E-state index in [1.807, 2.05) is 60.7 Å². The normalized spacial score (nSPS) is 22.3. The monoisotopic (exact) mass is 712 g/mol. The summed E-state index contributed by atoms with van der Waals surface area (Å²) in [7, 11) is 0. The van der Waals surface area contributed by atoms with Gasteiger partial charge in [0.25, 0.3) is 0 Å². The van der Waals surface area contributed by atoms with Crippen molar-refractivity contribution in [2.75, 3.05) is 5.75 Å². The predicted octanol–water partition coefficient (Wildman–Crippen LogP) is 2.50. The lowest BCUT2D eigenvalue weighted by atomic mass is 10.0. The lowest BCUT2D eigenvalue weighted by Crippen LogP contribution is -2.59. The number of aromatic nitrogens is 1. The van der Waals surface area contributed by atoms with E-state index in [-0.39, 0.29) is 25.2 Å². The molecule has 0 saturated carbocycles. The fourth-order valence-electron chi connectivity index (χ4n) is 5.49. The highest BCUT2D eigenvalue weighted by Gasteiger charge is 2.33. The molecule has 6 N–H and O–H groups in total. The van der Waals surface area contributed by atoms with E-state index < -0.39 is 65.0 Å². The molecule has 0 radical (unpaired) electrons. The Labute approximate surface area is 299 Å². The molecule has 51 heavy (non-hydrogen) atoms. The van der Waals surface area contributed by atoms with Crippen molar-refractivity contribution in [3.8, 4) is 0 Å². The van der Waals surface area contributed by atoms with Crippen LogP contribution in [0.4, 0.5) is 4.79 Å². The summed E-state index contributed by atoms with van der Waals surface area (Å²) in [6, 6.07) is 19.8. The van der Waals surface area contributed by atoms with Gasteiger partial charge in [-0.2, -0.15) is 0 Å². The second kappa shape index (κ2) is 17.3. The number of ether oxygens (including phenoxy) is 1. The van der Waals surface area contributed by atoms with E-state index in [0.29, 0.717) is 0 Å². The van der Waals surface area contributed by atoms with Gasteiger partial charge in [0.05, 0.1) is 6.04 Å². The third kappa shape index (κ3) is 10.2. The van der Waals surface area contributed by atoms with Crippen molar-refractivity contribution in [1.29, 1.82) is 0 Å². The van der Waals surface area contributed by atoms with Crippen molar-refractivity contribution in [3.63, 3.8) is 0 Å². The molecule has 1 aromatic heterocycles. The second-order valence-electron chi connectivity index (χ2n) is 12.2. The van der Waals surface area contributed by atoms with E-state index in [2.05, 4.69) is 31.6 Å². The number of nitrogens with one attached hydrogen (secondary N) is 6. The van der Waals surface area contributed by atoms with Crippen LogP contribution in [0, 0.1) is 0 Å². The lowest BCUT2D eigenvalue weighted by Gasteiger charge is -2.26. The first-order valence-corrected chi connectivity index (χ1v) is 17.5. The van der Waals surface area contributed by atoms with Crippen molar-refractivity contribution < 1.29 is 33.5 Å². The zero-order valence-electron chi connectivity index (χ0n) is 28.1. The number of amides is 5. The quantitative estimate of drug-likeness (QED) is 0.169. The topological polar surface area (TPSA) is 188 Å². The van der Waals surface area contributed by atoms with Crippen molar-refractivity contribution >= 4 is 57.5 Å². The second-order valence-corrected chi connectivity index (χ2v) is 13.2. The number of hydrogen-bond acceptors (Lipinski definition) is 8. The summed E-state index contributed by atoms with van der Waals surface area (Å²) in [5.74, 6) is -2.89. The maximum absolute atomic E-state index is 14.0. The maximum Gasteiger partial charge on any atom is 0.408 e. The number of hydrogen-bond donors (Lipinski definition) is 6. The summed E-state index contributed by atoms with van der Waals surface area (Å²) in [5, 5.41) is 13.7. The van der Waals surface area contributed by atoms with Gasteiger partial charge in [0.2, 0.25) is 28.7 Å². The molecule has 1 fully saturated rings. The summed E-state index contributed by atoms with van der Waals surface area (Å²) < 4.78 is 5.29. The molecule has 3 aromatic carbocycles. The van der Waals surface area contributed by atoms with Gasteiger partial charge in [0.15, 0.2) is 0 Å². The SMILES string of the molecule is C[C@@H]1NC(=O)[C@@H](NC(=O)OCc2ccccc2)CSC(=O)[C@H](C)NC(=O)[C@H](Cc2ccccc2)NC(=O)[C@H](Cc2c[nH]c3ccccc23)NC1=O. The molecule has 266 valence electrons. The molecular formula is C37H40N6O7S. The fraction of sp³-hybridized carbons (Fsp3) is 0.297. The summed E-state index contributed by atoms with van der Waals surface area (Å²) >= 11 is 0.726. The molecular weight excluding hydrogens is 673 g/mol. The number of thioether (sulfide) groups is 1. The smallest absolute Gasteiger partial charge is 0.408 e. The molecule has 0 aliphatic carbocycles. The summed E-state index contributed by atoms with van der Waals surface area (Å²) in [4.78, 5) is 83.7. The van der Waals surface area contributed by atoms with Gasteiger partial charge in [-0.3, -0.25) is 24.0 Å². The van der Waals surface area contributed by atoms with Crippen LogP contribution in [0.1, 0.15) is 30.5 Å². The third-order valence-electron chi connectivity index (χ3n) is 8.33. The van der Waals surface area contributed by atoms with Gasteiger partial charge in [-0.1, -0.05) is 90.6 Å². The minimum atomic E-state index is -1.29. The number of H-pyrrole nitrogens is 1. The molecule has 4 aromatic rings. The number of carbonyl (C=O) groups excluding carboxylic acids is 6. The number of fused-ring (bicyclic) bond motifs is 1. The highest BCUT2D eigenvalue weighted by atomic mass is 32.2. The van der Waals surface area contributed by atoms with Gasteiger partial charge in [-0.05, 0) is 36.6 Å². The van der Waals surface area contributed by atoms with E-state index in [1.165, 1.54) is 13.8 Å². The molecule has 1 aliphatic heterocycles. The molecule has 1 aliphatic rings. The van der Waals surface area contributed by atoms with Crippen LogP contribution in [0.2, 0.25) is 0 Å². The first-order chi connectivity index (χ1) is 24.6. The highest BCUT2D eigenvalue weighted by Crippen LogP contribution is 2.20. The summed E-state index contributed by atoms with van der Waals surface area (Å²) in [6.45, 7) is 2.88. The Hall–Kier alpha value is -5.63. The number of alkyl carbamates (subject to hydrolysis) is 1. The number of carbonyl (C=O) groups is 6. The molecule has 2 heterocycles. The summed E-state index contributed by atoms with van der Waals surface area (Å²) in [5.41, 5.74) is 3.08. The summed E-state index contributed by atoms with van der Waals surface area (Å²) in [6.07, 6.45) is 1.02. The van der Waals surface area contributed by atoms with Crippen LogP contribution in [0.25, 0.3) is 10.9 Å². The molecule has 13 nitrogen and oxygen atoms in total. The van der Waals surface area contributed by atoms with Gasteiger partial charge < -0.3 is 36.3 Å². The Kier molecular flexibility index (Phi) is 12.5. The van der Waals surface area contributed by atoms with Crippen LogP contribution in [0.3, 0.4) is 0 Å². The Morgan fingerprint density at radius 1 is 0.706 bits per heavy atom. The van der Waals surface area contributed by atoms with Crippen LogP contribution >= 0.6 is 11.8 Å². The average Bonchev–Trinajstić information content (AvgIpc) is 3.54. The van der Waals surface area contributed by atoms with Crippen LogP contribution in [0.5, 0.6) is 0 Å². The first kappa shape index (κ1) is 36.6. The molecule has 0 spiro atoms. The molecule has 1 saturated heterocycles. The Morgan fingerprint density at radius 3 is 2.02 bits per heavy atom. The van der Waals surface area contributed by atoms with Crippen molar-refractivity contribution in [1.82, 2.24) is 31.6 Å². The lowest BCUT2D eigenvalue weighted by molar-refractivity contribution is -0.134. The first-order valence-electron chi connectivity index (χ1n) is 16.5. The molecule has 5 rings (SSSR count). The van der Waals surface area contributed by atoms with Gasteiger partial charge in [0.1, 0.15) is 30.8 Å². The van der Waals surface area contributed by atoms with Crippen LogP contribution < -0.4 is 26.6 Å². The highest BCUT2D eigenvalue weighted by molar-refractivity contribution is 8.13. The Balaban J connectivity index is 1.40. The Bertz CT molecular complexity index is 1870. The van der Waals surface area contributed by atoms with Gasteiger partial charge in [-0.25, -0.2) is 4.79 Å². The standard InChI is InChI=1S/C37H40N6O7S/c1-22-32(44)41-30(18-26-19-38-28-16-10-9-15-27(26)28)34(46)42-29(17-24-11-5-3-6-12-24)33(45)40-23(2)36(48)51-21-31(35(47)39-22)43-37(49)50-20-25-13-7-4-8-14-25/h3-16,19,22-23,29-31,38H,17-18,20-21H2,1-2H3,(H,39,47)(H,40,45)(H,41,44)(H,42,46)(H,43,49)/t22-,23-,29-,30-,31-/m0/s1. The molecule has 5 atom stereocenters. The van der Waals surface area contributed by atoms with Crippen LogP contribution in [-0.4, -0.2) is 75.8 Å². The van der Waals surface area contributed by atoms with Gasteiger partial charge in [-0.15, -0.1) is 0 Å². The number of aromatic amines is 1. The van der Waals surface area contributed by atoms with Crippen LogP contribution in [-0.2, 0) is 48.2 Å². The fourth-order valence-corrected chi connectivity index (χ4v) is 6.37. The molecule has 5 amide bonds. The molecule has 0 bridgehead atoms. The predicted molar refractivity (Wildman–Crippen MR) is 192 cm³/mol. The van der Waals surface area contributed by atoms with Crippen LogP contribution in [0.15, 0.2) is 91.1 Å². The zero-order chi connectivity index (χ0) is 36.3. The Morgan fingerprint density at radius 2 is 1.29 bits per heavy atom.